The molecule has 7 heteroatoms. The number of alkyl carbamates (subject to hydrolysis) is 1. The van der Waals surface area contributed by atoms with Crippen molar-refractivity contribution in [3.8, 4) is 0 Å². The van der Waals surface area contributed by atoms with E-state index >= 15 is 0 Å². The minimum absolute atomic E-state index is 0.0354. The van der Waals surface area contributed by atoms with E-state index in [-0.39, 0.29) is 12.6 Å². The van der Waals surface area contributed by atoms with Crippen LogP contribution in [0.15, 0.2) is 17.3 Å². The van der Waals surface area contributed by atoms with Crippen LogP contribution in [0.2, 0.25) is 0 Å². The molecule has 0 aromatic heterocycles. The standard InChI is InChI=1S/C12H19N3O4/c1-9(2)6-10(11(16)17)14-12(18)19-8-15-5-3-4-13-7-15/h3-5,9-10H,6-8H2,1-2H3,(H,14,18)(H,16,17)/t10-/m0/s1. The second-order valence-electron chi connectivity index (χ2n) is 4.63. The Hall–Kier alpha value is -2.05. The van der Waals surface area contributed by atoms with Gasteiger partial charge < -0.3 is 20.1 Å². The minimum atomic E-state index is -1.06. The first-order chi connectivity index (χ1) is 8.99. The van der Waals surface area contributed by atoms with E-state index in [1.54, 1.807) is 23.4 Å². The summed E-state index contributed by atoms with van der Waals surface area (Å²) in [6, 6.07) is -0.928. The lowest BCUT2D eigenvalue weighted by Gasteiger charge is -2.21. The van der Waals surface area contributed by atoms with Gasteiger partial charge in [-0.2, -0.15) is 0 Å². The first-order valence-electron chi connectivity index (χ1n) is 6.05. The van der Waals surface area contributed by atoms with E-state index in [0.717, 1.165) is 0 Å². The molecule has 1 aliphatic rings. The molecule has 1 aliphatic heterocycles. The van der Waals surface area contributed by atoms with Gasteiger partial charge in [0, 0.05) is 12.4 Å². The van der Waals surface area contributed by atoms with Crippen LogP contribution in [0.5, 0.6) is 0 Å². The number of carboxylic acid groups (broad SMARTS) is 1. The molecule has 0 radical (unpaired) electrons. The molecule has 0 aromatic rings. The molecule has 1 atom stereocenters. The number of carbonyl (C=O) groups is 2. The zero-order valence-corrected chi connectivity index (χ0v) is 11.1. The van der Waals surface area contributed by atoms with Gasteiger partial charge in [-0.05, 0) is 18.4 Å². The van der Waals surface area contributed by atoms with Crippen LogP contribution in [0, 0.1) is 5.92 Å². The highest BCUT2D eigenvalue weighted by molar-refractivity contribution is 5.79. The van der Waals surface area contributed by atoms with Crippen LogP contribution in [0.3, 0.4) is 0 Å². The summed E-state index contributed by atoms with van der Waals surface area (Å²) >= 11 is 0. The van der Waals surface area contributed by atoms with Crippen molar-refractivity contribution in [3.05, 3.63) is 12.3 Å². The third-order valence-electron chi connectivity index (χ3n) is 2.41. The van der Waals surface area contributed by atoms with Gasteiger partial charge in [0.2, 0.25) is 0 Å². The Morgan fingerprint density at radius 2 is 2.26 bits per heavy atom. The second-order valence-corrected chi connectivity index (χ2v) is 4.63. The molecule has 106 valence electrons. The van der Waals surface area contributed by atoms with E-state index in [4.69, 9.17) is 9.84 Å². The number of amides is 1. The number of hydrogen-bond donors (Lipinski definition) is 2. The van der Waals surface area contributed by atoms with Gasteiger partial charge in [0.1, 0.15) is 12.7 Å². The number of carboxylic acids is 1. The number of aliphatic carboxylic acids is 1. The summed E-state index contributed by atoms with van der Waals surface area (Å²) in [5.74, 6) is -0.895. The SMILES string of the molecule is CC(C)C[C@H](NC(=O)OCN1C=CC=NC1)C(=O)O. The molecule has 0 saturated heterocycles. The number of carbonyl (C=O) groups excluding carboxylic acids is 1. The molecule has 1 rings (SSSR count). The van der Waals surface area contributed by atoms with Crippen LogP contribution in [0.1, 0.15) is 20.3 Å². The molecule has 0 aromatic carbocycles. The highest BCUT2D eigenvalue weighted by Crippen LogP contribution is 2.05. The predicted molar refractivity (Wildman–Crippen MR) is 69.7 cm³/mol. The van der Waals surface area contributed by atoms with E-state index in [9.17, 15) is 9.59 Å². The van der Waals surface area contributed by atoms with Gasteiger partial charge in [-0.3, -0.25) is 4.99 Å². The Labute approximate surface area is 111 Å². The minimum Gasteiger partial charge on any atom is -0.480 e. The maximum Gasteiger partial charge on any atom is 0.409 e. The number of nitrogens with one attached hydrogen (secondary N) is 1. The molecule has 2 N–H and O–H groups in total. The highest BCUT2D eigenvalue weighted by atomic mass is 16.6. The molecule has 1 amide bonds. The summed E-state index contributed by atoms with van der Waals surface area (Å²) in [6.45, 7) is 4.23. The number of allylic oxidation sites excluding steroid dienone is 1. The van der Waals surface area contributed by atoms with Crippen molar-refractivity contribution >= 4 is 18.3 Å². The van der Waals surface area contributed by atoms with Gasteiger partial charge in [0.05, 0.1) is 0 Å². The molecule has 0 unspecified atom stereocenters. The molecule has 0 bridgehead atoms. The first-order valence-corrected chi connectivity index (χ1v) is 6.05. The lowest BCUT2D eigenvalue weighted by Crippen LogP contribution is -2.42. The summed E-state index contributed by atoms with van der Waals surface area (Å²) in [5.41, 5.74) is 0. The van der Waals surface area contributed by atoms with Gasteiger partial charge in [-0.25, -0.2) is 9.59 Å². The monoisotopic (exact) mass is 269 g/mol. The van der Waals surface area contributed by atoms with Gasteiger partial charge in [-0.1, -0.05) is 13.8 Å². The number of nitrogens with zero attached hydrogens (tertiary/aromatic N) is 2. The van der Waals surface area contributed by atoms with Crippen LogP contribution in [-0.4, -0.2) is 47.7 Å². The van der Waals surface area contributed by atoms with Crippen LogP contribution in [-0.2, 0) is 9.53 Å². The summed E-state index contributed by atoms with van der Waals surface area (Å²) < 4.78 is 4.93. The van der Waals surface area contributed by atoms with Gasteiger partial charge in [0.25, 0.3) is 0 Å². The Kier molecular flexibility index (Phi) is 5.84. The van der Waals surface area contributed by atoms with Gasteiger partial charge in [-0.15, -0.1) is 0 Å². The van der Waals surface area contributed by atoms with Crippen molar-refractivity contribution in [1.82, 2.24) is 10.2 Å². The van der Waals surface area contributed by atoms with E-state index in [0.29, 0.717) is 13.1 Å². The zero-order chi connectivity index (χ0) is 14.3. The van der Waals surface area contributed by atoms with Crippen molar-refractivity contribution in [3.63, 3.8) is 0 Å². The highest BCUT2D eigenvalue weighted by Gasteiger charge is 2.21. The van der Waals surface area contributed by atoms with Crippen molar-refractivity contribution in [2.45, 2.75) is 26.3 Å². The molecule has 19 heavy (non-hydrogen) atoms. The molecular formula is C12H19N3O4. The molecule has 0 aliphatic carbocycles. The molecular weight excluding hydrogens is 250 g/mol. The molecule has 7 nitrogen and oxygen atoms in total. The molecule has 1 heterocycles. The van der Waals surface area contributed by atoms with Gasteiger partial charge >= 0.3 is 12.1 Å². The number of hydrogen-bond acceptors (Lipinski definition) is 5. The quantitative estimate of drug-likeness (QED) is 0.751. The average Bonchev–Trinajstić information content (AvgIpc) is 2.36. The fourth-order valence-corrected chi connectivity index (χ4v) is 1.52. The maximum absolute atomic E-state index is 11.5. The molecule has 0 fully saturated rings. The lowest BCUT2D eigenvalue weighted by molar-refractivity contribution is -0.139. The van der Waals surface area contributed by atoms with E-state index in [1.165, 1.54) is 0 Å². The summed E-state index contributed by atoms with van der Waals surface area (Å²) in [6.07, 6.45) is 4.74. The predicted octanol–water partition coefficient (Wildman–Crippen LogP) is 1.03. The smallest absolute Gasteiger partial charge is 0.409 e. The van der Waals surface area contributed by atoms with Crippen LogP contribution < -0.4 is 5.32 Å². The first kappa shape index (κ1) is 15.0. The third kappa shape index (κ3) is 5.89. The normalized spacial score (nSPS) is 15.4. The summed E-state index contributed by atoms with van der Waals surface area (Å²) in [7, 11) is 0. The van der Waals surface area contributed by atoms with E-state index < -0.39 is 18.1 Å². The van der Waals surface area contributed by atoms with Crippen LogP contribution in [0.25, 0.3) is 0 Å². The topological polar surface area (TPSA) is 91.2 Å². The van der Waals surface area contributed by atoms with Gasteiger partial charge in [0.15, 0.2) is 6.73 Å². The van der Waals surface area contributed by atoms with Crippen molar-refractivity contribution in [2.75, 3.05) is 13.4 Å². The largest absolute Gasteiger partial charge is 0.480 e. The Bertz CT molecular complexity index is 379. The van der Waals surface area contributed by atoms with Crippen LogP contribution >= 0.6 is 0 Å². The van der Waals surface area contributed by atoms with Crippen molar-refractivity contribution in [1.29, 1.82) is 0 Å². The fraction of sp³-hybridized carbons (Fsp3) is 0.583. The van der Waals surface area contributed by atoms with Crippen molar-refractivity contribution < 1.29 is 19.4 Å². The second kappa shape index (κ2) is 7.40. The lowest BCUT2D eigenvalue weighted by atomic mass is 10.0. The summed E-state index contributed by atoms with van der Waals surface area (Å²) in [5, 5.41) is 11.3. The Morgan fingerprint density at radius 1 is 1.53 bits per heavy atom. The third-order valence-corrected chi connectivity index (χ3v) is 2.41. The number of ether oxygens (including phenoxy) is 1. The Balaban J connectivity index is 2.33. The number of aliphatic imine (C=N–C) groups is 1. The van der Waals surface area contributed by atoms with Crippen molar-refractivity contribution in [2.24, 2.45) is 10.9 Å². The zero-order valence-electron chi connectivity index (χ0n) is 11.1. The average molecular weight is 269 g/mol. The maximum atomic E-state index is 11.5. The molecule has 0 spiro atoms. The number of rotatable bonds is 6. The Morgan fingerprint density at radius 3 is 2.79 bits per heavy atom. The van der Waals surface area contributed by atoms with E-state index in [1.807, 2.05) is 13.8 Å². The van der Waals surface area contributed by atoms with Crippen LogP contribution in [0.4, 0.5) is 4.79 Å². The van der Waals surface area contributed by atoms with E-state index in [2.05, 4.69) is 10.3 Å². The summed E-state index contributed by atoms with van der Waals surface area (Å²) in [4.78, 5) is 28.1. The fourth-order valence-electron chi connectivity index (χ4n) is 1.52. The molecule has 0 saturated carbocycles.